The normalized spacial score (nSPS) is 10.2. The Hall–Kier alpha value is -2.61. The van der Waals surface area contributed by atoms with Gasteiger partial charge in [0.05, 0.1) is 11.6 Å². The first kappa shape index (κ1) is 14.8. The van der Waals surface area contributed by atoms with Crippen LogP contribution in [0.2, 0.25) is 0 Å². The summed E-state index contributed by atoms with van der Waals surface area (Å²) in [4.78, 5) is 12.0. The van der Waals surface area contributed by atoms with Gasteiger partial charge in [-0.05, 0) is 30.2 Å². The topological polar surface area (TPSA) is 40.9 Å². The van der Waals surface area contributed by atoms with Crippen LogP contribution >= 0.6 is 0 Å². The lowest BCUT2D eigenvalue weighted by molar-refractivity contribution is 0.0982. The summed E-state index contributed by atoms with van der Waals surface area (Å²) in [6.45, 7) is 0. The lowest BCUT2D eigenvalue weighted by Gasteiger charge is -2.05. The number of hydrogen-bond donors (Lipinski definition) is 0. The van der Waals surface area contributed by atoms with Gasteiger partial charge < -0.3 is 0 Å². The van der Waals surface area contributed by atoms with Crippen molar-refractivity contribution in [3.8, 4) is 6.07 Å². The van der Waals surface area contributed by atoms with Crippen molar-refractivity contribution in [1.82, 2.24) is 0 Å². The number of ketones is 1. The molecule has 21 heavy (non-hydrogen) atoms. The standard InChI is InChI=1S/C16H10F3NO/c17-13-7-10(8-14(18)16(13)19)5-6-15(21)12-4-2-1-3-11(12)9-20/h1-4,7-8H,5-6H2. The zero-order valence-electron chi connectivity index (χ0n) is 10.9. The summed E-state index contributed by atoms with van der Waals surface area (Å²) in [7, 11) is 0. The van der Waals surface area contributed by atoms with Crippen LogP contribution in [0.5, 0.6) is 0 Å². The Morgan fingerprint density at radius 1 is 1.10 bits per heavy atom. The second-order valence-electron chi connectivity index (χ2n) is 4.45. The fraction of sp³-hybridized carbons (Fsp3) is 0.125. The van der Waals surface area contributed by atoms with Crippen LogP contribution in [0.3, 0.4) is 0 Å². The molecule has 0 aliphatic heterocycles. The highest BCUT2D eigenvalue weighted by Gasteiger charge is 2.14. The molecule has 2 aromatic carbocycles. The molecular weight excluding hydrogens is 279 g/mol. The van der Waals surface area contributed by atoms with Crippen molar-refractivity contribution < 1.29 is 18.0 Å². The molecule has 0 aliphatic carbocycles. The lowest BCUT2D eigenvalue weighted by atomic mass is 9.99. The molecule has 0 atom stereocenters. The van der Waals surface area contributed by atoms with Crippen LogP contribution in [0.4, 0.5) is 13.2 Å². The van der Waals surface area contributed by atoms with E-state index >= 15 is 0 Å². The van der Waals surface area contributed by atoms with E-state index in [-0.39, 0.29) is 35.3 Å². The number of nitrogens with zero attached hydrogens (tertiary/aromatic N) is 1. The van der Waals surface area contributed by atoms with Crippen molar-refractivity contribution >= 4 is 5.78 Å². The number of benzene rings is 2. The molecule has 0 radical (unpaired) electrons. The highest BCUT2D eigenvalue weighted by molar-refractivity contribution is 5.98. The molecule has 0 saturated carbocycles. The first-order valence-corrected chi connectivity index (χ1v) is 6.18. The van der Waals surface area contributed by atoms with E-state index < -0.39 is 17.5 Å². The summed E-state index contributed by atoms with van der Waals surface area (Å²) in [5, 5.41) is 8.91. The molecule has 2 aromatic rings. The molecule has 0 aromatic heterocycles. The summed E-state index contributed by atoms with van der Waals surface area (Å²) in [5.74, 6) is -4.40. The van der Waals surface area contributed by atoms with Gasteiger partial charge in [0.15, 0.2) is 23.2 Å². The van der Waals surface area contributed by atoms with Crippen LogP contribution in [-0.4, -0.2) is 5.78 Å². The molecule has 0 heterocycles. The fourth-order valence-corrected chi connectivity index (χ4v) is 1.97. The largest absolute Gasteiger partial charge is 0.294 e. The molecule has 0 saturated heterocycles. The predicted molar refractivity (Wildman–Crippen MR) is 70.1 cm³/mol. The van der Waals surface area contributed by atoms with E-state index in [1.807, 2.05) is 6.07 Å². The average Bonchev–Trinajstić information content (AvgIpc) is 2.50. The lowest BCUT2D eigenvalue weighted by Crippen LogP contribution is -2.04. The van der Waals surface area contributed by atoms with Gasteiger partial charge in [-0.2, -0.15) is 5.26 Å². The predicted octanol–water partition coefficient (Wildman–Crippen LogP) is 3.79. The third kappa shape index (κ3) is 3.29. The monoisotopic (exact) mass is 289 g/mol. The molecule has 0 N–H and O–H groups in total. The van der Waals surface area contributed by atoms with Crippen molar-refractivity contribution in [1.29, 1.82) is 5.26 Å². The summed E-state index contributed by atoms with van der Waals surface area (Å²) in [6, 6.07) is 9.94. The zero-order valence-corrected chi connectivity index (χ0v) is 10.9. The number of halogens is 3. The molecular formula is C16H10F3NO. The van der Waals surface area contributed by atoms with Crippen molar-refractivity contribution in [3.05, 3.63) is 70.5 Å². The minimum Gasteiger partial charge on any atom is -0.294 e. The maximum Gasteiger partial charge on any atom is 0.194 e. The van der Waals surface area contributed by atoms with Gasteiger partial charge in [-0.1, -0.05) is 18.2 Å². The third-order valence-electron chi connectivity index (χ3n) is 3.03. The number of hydrogen-bond acceptors (Lipinski definition) is 2. The van der Waals surface area contributed by atoms with Crippen LogP contribution < -0.4 is 0 Å². The number of rotatable bonds is 4. The van der Waals surface area contributed by atoms with Crippen molar-refractivity contribution in [2.75, 3.05) is 0 Å². The number of Topliss-reactive ketones (excluding diaryl/α,β-unsaturated/α-hetero) is 1. The van der Waals surface area contributed by atoms with Crippen molar-refractivity contribution in [2.45, 2.75) is 12.8 Å². The minimum absolute atomic E-state index is 0.0246. The second-order valence-corrected chi connectivity index (χ2v) is 4.45. The third-order valence-corrected chi connectivity index (χ3v) is 3.03. The Labute approximate surface area is 119 Å². The fourth-order valence-electron chi connectivity index (χ4n) is 1.97. The minimum atomic E-state index is -1.53. The van der Waals surface area contributed by atoms with Gasteiger partial charge in [0.1, 0.15) is 0 Å². The van der Waals surface area contributed by atoms with Crippen LogP contribution in [0.1, 0.15) is 27.9 Å². The van der Waals surface area contributed by atoms with Gasteiger partial charge in [-0.25, -0.2) is 13.2 Å². The van der Waals surface area contributed by atoms with Gasteiger partial charge in [-0.15, -0.1) is 0 Å². The van der Waals surface area contributed by atoms with Crippen LogP contribution in [-0.2, 0) is 6.42 Å². The van der Waals surface area contributed by atoms with Gasteiger partial charge in [0, 0.05) is 12.0 Å². The molecule has 0 unspecified atom stereocenters. The summed E-state index contributed by atoms with van der Waals surface area (Å²) in [5.41, 5.74) is 0.705. The Morgan fingerprint density at radius 2 is 1.71 bits per heavy atom. The maximum atomic E-state index is 13.1. The van der Waals surface area contributed by atoms with Crippen LogP contribution in [0.25, 0.3) is 0 Å². The number of carbonyl (C=O) groups is 1. The summed E-state index contributed by atoms with van der Waals surface area (Å²) >= 11 is 0. The van der Waals surface area contributed by atoms with E-state index in [0.717, 1.165) is 12.1 Å². The average molecular weight is 289 g/mol. The smallest absolute Gasteiger partial charge is 0.194 e. The number of aryl methyl sites for hydroxylation is 1. The van der Waals surface area contributed by atoms with E-state index in [1.54, 1.807) is 12.1 Å². The molecule has 0 fully saturated rings. The Balaban J connectivity index is 2.13. The molecule has 2 rings (SSSR count). The molecule has 2 nitrogen and oxygen atoms in total. The first-order chi connectivity index (χ1) is 10.0. The molecule has 0 spiro atoms. The van der Waals surface area contributed by atoms with E-state index in [4.69, 9.17) is 5.26 Å². The molecule has 106 valence electrons. The molecule has 0 bridgehead atoms. The highest BCUT2D eigenvalue weighted by Crippen LogP contribution is 2.17. The van der Waals surface area contributed by atoms with Crippen LogP contribution in [0, 0.1) is 28.8 Å². The van der Waals surface area contributed by atoms with Crippen LogP contribution in [0.15, 0.2) is 36.4 Å². The summed E-state index contributed by atoms with van der Waals surface area (Å²) in [6.07, 6.45) is 0.0376. The van der Waals surface area contributed by atoms with E-state index in [0.29, 0.717) is 0 Å². The van der Waals surface area contributed by atoms with Gasteiger partial charge >= 0.3 is 0 Å². The highest BCUT2D eigenvalue weighted by atomic mass is 19.2. The Morgan fingerprint density at radius 3 is 2.33 bits per heavy atom. The SMILES string of the molecule is N#Cc1ccccc1C(=O)CCc1cc(F)c(F)c(F)c1. The number of carbonyl (C=O) groups excluding carboxylic acids is 1. The van der Waals surface area contributed by atoms with Gasteiger partial charge in [-0.3, -0.25) is 4.79 Å². The first-order valence-electron chi connectivity index (χ1n) is 6.18. The molecule has 5 heteroatoms. The van der Waals surface area contributed by atoms with Gasteiger partial charge in [0.2, 0.25) is 0 Å². The number of nitriles is 1. The second kappa shape index (κ2) is 6.23. The van der Waals surface area contributed by atoms with Crippen molar-refractivity contribution in [3.63, 3.8) is 0 Å². The zero-order chi connectivity index (χ0) is 15.4. The van der Waals surface area contributed by atoms with Gasteiger partial charge in [0.25, 0.3) is 0 Å². The van der Waals surface area contributed by atoms with E-state index in [1.165, 1.54) is 12.1 Å². The summed E-state index contributed by atoms with van der Waals surface area (Å²) < 4.78 is 38.9. The van der Waals surface area contributed by atoms with E-state index in [2.05, 4.69) is 0 Å². The van der Waals surface area contributed by atoms with Crippen molar-refractivity contribution in [2.24, 2.45) is 0 Å². The molecule has 0 aliphatic rings. The van der Waals surface area contributed by atoms with E-state index in [9.17, 15) is 18.0 Å². The Bertz CT molecular complexity index is 712. The molecule has 0 amide bonds. The Kier molecular flexibility index (Phi) is 4.39. The maximum absolute atomic E-state index is 13.1. The quantitative estimate of drug-likeness (QED) is 0.634.